The lowest BCUT2D eigenvalue weighted by molar-refractivity contribution is -0.123. The highest BCUT2D eigenvalue weighted by molar-refractivity contribution is 6.33. The Morgan fingerprint density at radius 1 is 1.43 bits per heavy atom. The third-order valence-electron chi connectivity index (χ3n) is 3.44. The second-order valence-corrected chi connectivity index (χ2v) is 5.25. The normalized spacial score (nSPS) is 18.2. The molecule has 2 heterocycles. The maximum absolute atomic E-state index is 11.9. The van der Waals surface area contributed by atoms with Crippen LogP contribution < -0.4 is 10.6 Å². The predicted molar refractivity (Wildman–Crippen MR) is 76.6 cm³/mol. The van der Waals surface area contributed by atoms with Gasteiger partial charge in [0.1, 0.15) is 5.69 Å². The monoisotopic (exact) mass is 305 g/mol. The Bertz CT molecular complexity index is 713. The number of halogens is 1. The number of primary amides is 1. The van der Waals surface area contributed by atoms with Gasteiger partial charge in [-0.15, -0.1) is 0 Å². The van der Waals surface area contributed by atoms with Crippen molar-refractivity contribution in [3.05, 3.63) is 35.4 Å². The molecule has 1 unspecified atom stereocenters. The second-order valence-electron chi connectivity index (χ2n) is 4.84. The summed E-state index contributed by atoms with van der Waals surface area (Å²) in [6, 6.07) is 8.83. The number of nitrogens with zero attached hydrogens (tertiary/aromatic N) is 2. The summed E-state index contributed by atoms with van der Waals surface area (Å²) in [4.78, 5) is 24.5. The fourth-order valence-corrected chi connectivity index (χ4v) is 2.53. The minimum Gasteiger partial charge on any atom is -0.369 e. The van der Waals surface area contributed by atoms with Gasteiger partial charge >= 0.3 is 0 Å². The molecule has 108 valence electrons. The molecule has 7 heteroatoms. The fourth-order valence-electron chi connectivity index (χ4n) is 2.30. The van der Waals surface area contributed by atoms with Gasteiger partial charge in [-0.05, 0) is 6.07 Å². The van der Waals surface area contributed by atoms with Crippen LogP contribution in [0.2, 0.25) is 5.02 Å². The molecule has 2 aromatic rings. The van der Waals surface area contributed by atoms with E-state index in [0.29, 0.717) is 22.2 Å². The van der Waals surface area contributed by atoms with Crippen molar-refractivity contribution in [2.45, 2.75) is 6.42 Å². The van der Waals surface area contributed by atoms with E-state index in [2.05, 4.69) is 5.16 Å². The first-order chi connectivity index (χ1) is 10.1. The van der Waals surface area contributed by atoms with Crippen LogP contribution in [0.3, 0.4) is 0 Å². The summed E-state index contributed by atoms with van der Waals surface area (Å²) in [5.74, 6) is -0.901. The molecular weight excluding hydrogens is 294 g/mol. The Balaban J connectivity index is 1.88. The van der Waals surface area contributed by atoms with Gasteiger partial charge in [0.2, 0.25) is 17.7 Å². The molecule has 1 aromatic heterocycles. The minimum absolute atomic E-state index is 0.0947. The Kier molecular flexibility index (Phi) is 3.39. The van der Waals surface area contributed by atoms with Gasteiger partial charge in [0.25, 0.3) is 0 Å². The van der Waals surface area contributed by atoms with Gasteiger partial charge in [-0.3, -0.25) is 14.5 Å². The third kappa shape index (κ3) is 2.50. The SMILES string of the molecule is NC(=O)C1CC(=O)N(c2cc(-c3ccccc3Cl)no2)C1. The predicted octanol–water partition coefficient (Wildman–Crippen LogP) is 1.83. The van der Waals surface area contributed by atoms with Crippen molar-refractivity contribution in [1.82, 2.24) is 5.16 Å². The Labute approximate surface area is 125 Å². The summed E-state index contributed by atoms with van der Waals surface area (Å²) in [6.45, 7) is 0.214. The molecule has 1 aliphatic rings. The summed E-state index contributed by atoms with van der Waals surface area (Å²) >= 11 is 6.10. The zero-order chi connectivity index (χ0) is 15.0. The van der Waals surface area contributed by atoms with Crippen LogP contribution in [-0.2, 0) is 9.59 Å². The molecule has 21 heavy (non-hydrogen) atoms. The number of rotatable bonds is 3. The average Bonchev–Trinajstić information content (AvgIpc) is 3.05. The van der Waals surface area contributed by atoms with Gasteiger partial charge in [-0.2, -0.15) is 0 Å². The van der Waals surface area contributed by atoms with Crippen LogP contribution >= 0.6 is 11.6 Å². The lowest BCUT2D eigenvalue weighted by Crippen LogP contribution is -2.28. The highest BCUT2D eigenvalue weighted by Crippen LogP contribution is 2.32. The van der Waals surface area contributed by atoms with E-state index in [1.165, 1.54) is 4.90 Å². The average molecular weight is 306 g/mol. The Morgan fingerprint density at radius 2 is 2.19 bits per heavy atom. The van der Waals surface area contributed by atoms with E-state index in [9.17, 15) is 9.59 Å². The number of nitrogens with two attached hydrogens (primary N) is 1. The summed E-state index contributed by atoms with van der Waals surface area (Å²) in [7, 11) is 0. The second kappa shape index (κ2) is 5.21. The third-order valence-corrected chi connectivity index (χ3v) is 3.77. The molecule has 0 radical (unpaired) electrons. The highest BCUT2D eigenvalue weighted by atomic mass is 35.5. The molecule has 1 fully saturated rings. The van der Waals surface area contributed by atoms with E-state index >= 15 is 0 Å². The topological polar surface area (TPSA) is 89.4 Å². The van der Waals surface area contributed by atoms with Crippen LogP contribution in [0.1, 0.15) is 6.42 Å². The molecule has 0 bridgehead atoms. The summed E-state index contributed by atoms with van der Waals surface area (Å²) in [6.07, 6.45) is 0.0947. The van der Waals surface area contributed by atoms with E-state index in [4.69, 9.17) is 21.9 Å². The van der Waals surface area contributed by atoms with Crippen molar-refractivity contribution >= 4 is 29.3 Å². The molecule has 1 aromatic carbocycles. The molecule has 1 atom stereocenters. The zero-order valence-corrected chi connectivity index (χ0v) is 11.7. The van der Waals surface area contributed by atoms with E-state index in [1.807, 2.05) is 18.2 Å². The van der Waals surface area contributed by atoms with Crippen LogP contribution in [0.25, 0.3) is 11.3 Å². The molecular formula is C14H12ClN3O3. The molecule has 0 aliphatic carbocycles. The van der Waals surface area contributed by atoms with Gasteiger partial charge in [0.15, 0.2) is 0 Å². The number of benzene rings is 1. The van der Waals surface area contributed by atoms with Crippen LogP contribution in [0.15, 0.2) is 34.9 Å². The number of anilines is 1. The first-order valence-corrected chi connectivity index (χ1v) is 6.75. The van der Waals surface area contributed by atoms with E-state index in [1.54, 1.807) is 12.1 Å². The van der Waals surface area contributed by atoms with Crippen molar-refractivity contribution < 1.29 is 14.1 Å². The van der Waals surface area contributed by atoms with Crippen LogP contribution in [0, 0.1) is 5.92 Å². The van der Waals surface area contributed by atoms with Crippen molar-refractivity contribution in [2.75, 3.05) is 11.4 Å². The first-order valence-electron chi connectivity index (χ1n) is 6.37. The van der Waals surface area contributed by atoms with Gasteiger partial charge in [0.05, 0.1) is 10.9 Å². The first kappa shape index (κ1) is 13.6. The fraction of sp³-hybridized carbons (Fsp3) is 0.214. The van der Waals surface area contributed by atoms with Crippen LogP contribution in [0.4, 0.5) is 5.88 Å². The quantitative estimate of drug-likeness (QED) is 0.937. The molecule has 6 nitrogen and oxygen atoms in total. The molecule has 1 aliphatic heterocycles. The lowest BCUT2D eigenvalue weighted by Gasteiger charge is -2.10. The molecule has 0 spiro atoms. The standard InChI is InChI=1S/C14H12ClN3O3/c15-10-4-2-1-3-9(10)11-6-13(21-17-11)18-7-8(14(16)20)5-12(18)19/h1-4,6,8H,5,7H2,(H2,16,20). The minimum atomic E-state index is -0.494. The number of hydrogen-bond acceptors (Lipinski definition) is 4. The van der Waals surface area contributed by atoms with E-state index in [0.717, 1.165) is 0 Å². The maximum atomic E-state index is 11.9. The lowest BCUT2D eigenvalue weighted by atomic mass is 10.1. The largest absolute Gasteiger partial charge is 0.369 e. The van der Waals surface area contributed by atoms with Gasteiger partial charge in [-0.1, -0.05) is 35.0 Å². The van der Waals surface area contributed by atoms with Crippen LogP contribution in [0.5, 0.6) is 0 Å². The summed E-state index contributed by atoms with van der Waals surface area (Å²) in [5, 5.41) is 4.47. The maximum Gasteiger partial charge on any atom is 0.234 e. The number of amides is 2. The summed E-state index contributed by atoms with van der Waals surface area (Å²) in [5.41, 5.74) is 6.48. The smallest absolute Gasteiger partial charge is 0.234 e. The van der Waals surface area contributed by atoms with Crippen molar-refractivity contribution in [3.8, 4) is 11.3 Å². The number of aromatic nitrogens is 1. The van der Waals surface area contributed by atoms with Crippen molar-refractivity contribution in [2.24, 2.45) is 11.7 Å². The number of carbonyl (C=O) groups is 2. The van der Waals surface area contributed by atoms with Gasteiger partial charge in [0, 0.05) is 24.6 Å². The Hall–Kier alpha value is -2.34. The number of hydrogen-bond donors (Lipinski definition) is 1. The van der Waals surface area contributed by atoms with Crippen LogP contribution in [-0.4, -0.2) is 23.5 Å². The molecule has 2 amide bonds. The zero-order valence-electron chi connectivity index (χ0n) is 11.0. The van der Waals surface area contributed by atoms with E-state index < -0.39 is 11.8 Å². The molecule has 0 saturated carbocycles. The summed E-state index contributed by atoms with van der Waals surface area (Å²) < 4.78 is 5.20. The molecule has 1 saturated heterocycles. The highest BCUT2D eigenvalue weighted by Gasteiger charge is 2.35. The Morgan fingerprint density at radius 3 is 2.86 bits per heavy atom. The number of carbonyl (C=O) groups excluding carboxylic acids is 2. The van der Waals surface area contributed by atoms with Gasteiger partial charge in [-0.25, -0.2) is 0 Å². The van der Waals surface area contributed by atoms with E-state index in [-0.39, 0.29) is 18.9 Å². The van der Waals surface area contributed by atoms with Crippen molar-refractivity contribution in [3.63, 3.8) is 0 Å². The van der Waals surface area contributed by atoms with Gasteiger partial charge < -0.3 is 10.3 Å². The molecule has 2 N–H and O–H groups in total. The van der Waals surface area contributed by atoms with Crippen molar-refractivity contribution in [1.29, 1.82) is 0 Å². The molecule has 3 rings (SSSR count).